The van der Waals surface area contributed by atoms with Crippen molar-refractivity contribution >= 4 is 5.78 Å². The molecule has 112 valence electrons. The van der Waals surface area contributed by atoms with E-state index in [2.05, 4.69) is 13.8 Å². The second-order valence-electron chi connectivity index (χ2n) is 5.60. The Morgan fingerprint density at radius 1 is 1.10 bits per heavy atom. The standard InChI is InChI=1S/C17H22N2O2/c1-4-9-18-10-11-19(17(18)21)12-16(20)15-7-5-14(6-8-15)13(2)3/h5-8,10-11,13H,4,9,12H2,1-3H3. The van der Waals surface area contributed by atoms with E-state index in [9.17, 15) is 9.59 Å². The van der Waals surface area contributed by atoms with Crippen molar-refractivity contribution in [2.75, 3.05) is 0 Å². The van der Waals surface area contributed by atoms with Gasteiger partial charge in [-0.3, -0.25) is 13.9 Å². The van der Waals surface area contributed by atoms with Crippen LogP contribution in [0.3, 0.4) is 0 Å². The maximum absolute atomic E-state index is 12.2. The largest absolute Gasteiger partial charge is 0.328 e. The lowest BCUT2D eigenvalue weighted by Gasteiger charge is -2.06. The van der Waals surface area contributed by atoms with Gasteiger partial charge in [0.25, 0.3) is 0 Å². The van der Waals surface area contributed by atoms with Crippen LogP contribution in [0.2, 0.25) is 0 Å². The van der Waals surface area contributed by atoms with Crippen LogP contribution in [0, 0.1) is 0 Å². The normalized spacial score (nSPS) is 11.0. The molecule has 0 saturated heterocycles. The lowest BCUT2D eigenvalue weighted by atomic mass is 10.0. The Morgan fingerprint density at radius 2 is 1.71 bits per heavy atom. The second kappa shape index (κ2) is 6.57. The first-order valence-electron chi connectivity index (χ1n) is 7.41. The van der Waals surface area contributed by atoms with Gasteiger partial charge in [-0.1, -0.05) is 45.0 Å². The Morgan fingerprint density at radius 3 is 2.29 bits per heavy atom. The van der Waals surface area contributed by atoms with Crippen molar-refractivity contribution in [2.24, 2.45) is 0 Å². The molecule has 2 aromatic rings. The molecule has 1 aromatic carbocycles. The van der Waals surface area contributed by atoms with Crippen molar-refractivity contribution in [2.45, 2.75) is 46.2 Å². The molecule has 4 heteroatoms. The average Bonchev–Trinajstić information content (AvgIpc) is 2.81. The Kier molecular flexibility index (Phi) is 4.78. The molecule has 0 atom stereocenters. The highest BCUT2D eigenvalue weighted by atomic mass is 16.2. The summed E-state index contributed by atoms with van der Waals surface area (Å²) in [5, 5.41) is 0. The zero-order valence-electron chi connectivity index (χ0n) is 12.9. The molecule has 0 N–H and O–H groups in total. The number of carbonyl (C=O) groups is 1. The maximum Gasteiger partial charge on any atom is 0.328 e. The fourth-order valence-corrected chi connectivity index (χ4v) is 2.28. The summed E-state index contributed by atoms with van der Waals surface area (Å²) in [7, 11) is 0. The minimum absolute atomic E-state index is 0.0401. The number of hydrogen-bond donors (Lipinski definition) is 0. The van der Waals surface area contributed by atoms with Gasteiger partial charge in [-0.05, 0) is 17.9 Å². The third-order valence-electron chi connectivity index (χ3n) is 3.60. The molecule has 4 nitrogen and oxygen atoms in total. The highest BCUT2D eigenvalue weighted by Gasteiger charge is 2.10. The zero-order chi connectivity index (χ0) is 15.4. The minimum atomic E-state index is -0.121. The van der Waals surface area contributed by atoms with E-state index in [1.807, 2.05) is 31.2 Å². The Balaban J connectivity index is 2.12. The van der Waals surface area contributed by atoms with Crippen LogP contribution < -0.4 is 5.69 Å². The van der Waals surface area contributed by atoms with Crippen molar-refractivity contribution in [3.63, 3.8) is 0 Å². The van der Waals surface area contributed by atoms with E-state index in [1.54, 1.807) is 17.0 Å². The fourth-order valence-electron chi connectivity index (χ4n) is 2.28. The summed E-state index contributed by atoms with van der Waals surface area (Å²) in [6.45, 7) is 7.03. The van der Waals surface area contributed by atoms with E-state index >= 15 is 0 Å². The second-order valence-corrected chi connectivity index (χ2v) is 5.60. The highest BCUT2D eigenvalue weighted by Crippen LogP contribution is 2.15. The van der Waals surface area contributed by atoms with E-state index in [0.29, 0.717) is 18.0 Å². The zero-order valence-corrected chi connectivity index (χ0v) is 12.9. The van der Waals surface area contributed by atoms with Gasteiger partial charge in [0.2, 0.25) is 0 Å². The molecule has 0 spiro atoms. The molecule has 0 amide bonds. The van der Waals surface area contributed by atoms with Crippen LogP contribution in [0.1, 0.15) is 49.0 Å². The summed E-state index contributed by atoms with van der Waals surface area (Å²) in [6, 6.07) is 7.63. The summed E-state index contributed by atoms with van der Waals surface area (Å²) in [5.41, 5.74) is 1.73. The molecule has 0 unspecified atom stereocenters. The number of aryl methyl sites for hydroxylation is 1. The number of ketones is 1. The van der Waals surface area contributed by atoms with E-state index in [0.717, 1.165) is 6.42 Å². The maximum atomic E-state index is 12.2. The number of Topliss-reactive ketones (excluding diaryl/α,β-unsaturated/α-hetero) is 1. The lowest BCUT2D eigenvalue weighted by Crippen LogP contribution is -2.26. The van der Waals surface area contributed by atoms with Crippen LogP contribution in [-0.2, 0) is 13.1 Å². The van der Waals surface area contributed by atoms with Gasteiger partial charge in [0.1, 0.15) is 0 Å². The quantitative estimate of drug-likeness (QED) is 0.766. The summed E-state index contributed by atoms with van der Waals surface area (Å²) in [4.78, 5) is 24.3. The number of rotatable bonds is 6. The van der Waals surface area contributed by atoms with Gasteiger partial charge < -0.3 is 0 Å². The minimum Gasteiger partial charge on any atom is -0.299 e. The molecule has 0 aliphatic heterocycles. The number of imidazole rings is 1. The molecule has 0 aliphatic carbocycles. The highest BCUT2D eigenvalue weighted by molar-refractivity contribution is 5.95. The summed E-state index contributed by atoms with van der Waals surface area (Å²) < 4.78 is 3.10. The number of nitrogens with zero attached hydrogens (tertiary/aromatic N) is 2. The topological polar surface area (TPSA) is 44.0 Å². The van der Waals surface area contributed by atoms with Crippen LogP contribution in [0.4, 0.5) is 0 Å². The molecular formula is C17H22N2O2. The summed E-state index contributed by atoms with van der Waals surface area (Å²) in [5.74, 6) is 0.404. The Bertz CT molecular complexity index is 663. The number of aromatic nitrogens is 2. The summed E-state index contributed by atoms with van der Waals surface area (Å²) >= 11 is 0. The van der Waals surface area contributed by atoms with Gasteiger partial charge in [0.15, 0.2) is 5.78 Å². The summed E-state index contributed by atoms with van der Waals surface area (Å²) in [6.07, 6.45) is 4.31. The fraction of sp³-hybridized carbons (Fsp3) is 0.412. The average molecular weight is 286 g/mol. The van der Waals surface area contributed by atoms with E-state index in [4.69, 9.17) is 0 Å². The third-order valence-corrected chi connectivity index (χ3v) is 3.60. The van der Waals surface area contributed by atoms with Crippen molar-refractivity contribution in [3.8, 4) is 0 Å². The van der Waals surface area contributed by atoms with Gasteiger partial charge in [0.05, 0.1) is 6.54 Å². The van der Waals surface area contributed by atoms with Gasteiger partial charge in [-0.25, -0.2) is 4.79 Å². The van der Waals surface area contributed by atoms with E-state index in [1.165, 1.54) is 10.1 Å². The van der Waals surface area contributed by atoms with E-state index < -0.39 is 0 Å². The first-order valence-corrected chi connectivity index (χ1v) is 7.41. The first kappa shape index (κ1) is 15.3. The van der Waals surface area contributed by atoms with Crippen LogP contribution in [-0.4, -0.2) is 14.9 Å². The molecule has 0 saturated carbocycles. The van der Waals surface area contributed by atoms with Crippen molar-refractivity contribution < 1.29 is 4.79 Å². The number of hydrogen-bond acceptors (Lipinski definition) is 2. The smallest absolute Gasteiger partial charge is 0.299 e. The van der Waals surface area contributed by atoms with Crippen molar-refractivity contribution in [1.29, 1.82) is 0 Å². The van der Waals surface area contributed by atoms with Crippen molar-refractivity contribution in [1.82, 2.24) is 9.13 Å². The van der Waals surface area contributed by atoms with E-state index in [-0.39, 0.29) is 18.0 Å². The first-order chi connectivity index (χ1) is 10.0. The lowest BCUT2D eigenvalue weighted by molar-refractivity contribution is 0.0970. The molecule has 0 radical (unpaired) electrons. The van der Waals surface area contributed by atoms with Crippen LogP contribution in [0.25, 0.3) is 0 Å². The molecule has 1 heterocycles. The molecule has 2 rings (SSSR count). The van der Waals surface area contributed by atoms with Gasteiger partial charge in [0, 0.05) is 24.5 Å². The van der Waals surface area contributed by atoms with Crippen molar-refractivity contribution in [3.05, 3.63) is 58.3 Å². The Hall–Kier alpha value is -2.10. The molecular weight excluding hydrogens is 264 g/mol. The predicted molar refractivity (Wildman–Crippen MR) is 83.8 cm³/mol. The Labute approximate surface area is 125 Å². The molecule has 1 aromatic heterocycles. The third kappa shape index (κ3) is 3.51. The van der Waals surface area contributed by atoms with Gasteiger partial charge >= 0.3 is 5.69 Å². The molecule has 0 fully saturated rings. The molecule has 21 heavy (non-hydrogen) atoms. The predicted octanol–water partition coefficient (Wildman–Crippen LogP) is 3.07. The number of carbonyl (C=O) groups excluding carboxylic acids is 1. The SMILES string of the molecule is CCCn1ccn(CC(=O)c2ccc(C(C)C)cc2)c1=O. The van der Waals surface area contributed by atoms with Crippen LogP contribution >= 0.6 is 0 Å². The monoisotopic (exact) mass is 286 g/mol. The molecule has 0 bridgehead atoms. The van der Waals surface area contributed by atoms with Gasteiger partial charge in [-0.15, -0.1) is 0 Å². The van der Waals surface area contributed by atoms with Crippen LogP contribution in [0.15, 0.2) is 41.5 Å². The number of benzene rings is 1. The van der Waals surface area contributed by atoms with Crippen LogP contribution in [0.5, 0.6) is 0 Å². The molecule has 0 aliphatic rings. The van der Waals surface area contributed by atoms with Gasteiger partial charge in [-0.2, -0.15) is 0 Å².